The quantitative estimate of drug-likeness (QED) is 0.498. The van der Waals surface area contributed by atoms with Gasteiger partial charge in [0.15, 0.2) is 0 Å². The number of allylic oxidation sites excluding steroid dienone is 2. The van der Waals surface area contributed by atoms with Crippen molar-refractivity contribution in [2.45, 2.75) is 65.2 Å². The molecule has 0 amide bonds. The minimum Gasteiger partial charge on any atom is -0.299 e. The van der Waals surface area contributed by atoms with Gasteiger partial charge in [0.05, 0.1) is 0 Å². The van der Waals surface area contributed by atoms with E-state index in [4.69, 9.17) is 0 Å². The summed E-state index contributed by atoms with van der Waals surface area (Å²) in [4.78, 5) is 12.0. The molecule has 0 bridgehead atoms. The molecule has 1 atom stereocenters. The van der Waals surface area contributed by atoms with Crippen molar-refractivity contribution in [3.05, 3.63) is 12.2 Å². The van der Waals surface area contributed by atoms with Crippen molar-refractivity contribution >= 4 is 5.78 Å². The van der Waals surface area contributed by atoms with Gasteiger partial charge in [-0.15, -0.1) is 0 Å². The largest absolute Gasteiger partial charge is 0.299 e. The van der Waals surface area contributed by atoms with Crippen LogP contribution in [0.4, 0.5) is 0 Å². The van der Waals surface area contributed by atoms with Crippen molar-refractivity contribution in [3.63, 3.8) is 0 Å². The Balaban J connectivity index is 2.46. The van der Waals surface area contributed by atoms with Crippen LogP contribution in [0.2, 0.25) is 0 Å². The molecular formula is C14H24O. The highest BCUT2D eigenvalue weighted by atomic mass is 16.1. The van der Waals surface area contributed by atoms with Crippen LogP contribution in [0.15, 0.2) is 12.2 Å². The molecule has 0 N–H and O–H groups in total. The molecule has 0 aromatic heterocycles. The third-order valence-corrected chi connectivity index (χ3v) is 3.57. The number of carbonyl (C=O) groups excluding carboxylic acids is 1. The summed E-state index contributed by atoms with van der Waals surface area (Å²) in [5.41, 5.74) is -0.0193. The zero-order chi connectivity index (χ0) is 11.1. The van der Waals surface area contributed by atoms with Crippen molar-refractivity contribution in [2.24, 2.45) is 5.41 Å². The lowest BCUT2D eigenvalue weighted by molar-refractivity contribution is -0.128. The highest BCUT2D eigenvalue weighted by molar-refractivity contribution is 5.84. The number of hydrogen-bond donors (Lipinski definition) is 0. The fourth-order valence-electron chi connectivity index (χ4n) is 2.37. The standard InChI is InChI=1S/C14H24O/c1-3-4-5-8-11-14(2)12-9-6-7-10-13(14)15/h4-5H,3,6-12H2,1-2H3/b5-4-/t14-/m1/s1. The highest BCUT2D eigenvalue weighted by Gasteiger charge is 2.32. The molecule has 1 nitrogen and oxygen atoms in total. The average Bonchev–Trinajstić information content (AvgIpc) is 2.38. The van der Waals surface area contributed by atoms with Crippen LogP contribution in [0.5, 0.6) is 0 Å². The summed E-state index contributed by atoms with van der Waals surface area (Å²) in [7, 11) is 0. The molecule has 0 aromatic rings. The molecule has 86 valence electrons. The Kier molecular flexibility index (Phi) is 5.07. The summed E-state index contributed by atoms with van der Waals surface area (Å²) < 4.78 is 0. The van der Waals surface area contributed by atoms with E-state index in [9.17, 15) is 4.79 Å². The van der Waals surface area contributed by atoms with Crippen LogP contribution in [0.25, 0.3) is 0 Å². The number of ketones is 1. The molecule has 0 radical (unpaired) electrons. The maximum atomic E-state index is 12.0. The molecule has 0 saturated heterocycles. The maximum Gasteiger partial charge on any atom is 0.138 e. The van der Waals surface area contributed by atoms with E-state index in [0.717, 1.165) is 38.5 Å². The molecule has 1 aliphatic rings. The van der Waals surface area contributed by atoms with E-state index in [0.29, 0.717) is 5.78 Å². The summed E-state index contributed by atoms with van der Waals surface area (Å²) in [6.45, 7) is 4.31. The molecule has 1 aliphatic carbocycles. The van der Waals surface area contributed by atoms with Gasteiger partial charge in [-0.05, 0) is 32.1 Å². The van der Waals surface area contributed by atoms with Gasteiger partial charge in [-0.3, -0.25) is 4.79 Å². The highest BCUT2D eigenvalue weighted by Crippen LogP contribution is 2.35. The summed E-state index contributed by atoms with van der Waals surface area (Å²) in [5, 5.41) is 0. The summed E-state index contributed by atoms with van der Waals surface area (Å²) in [6.07, 6.45) is 13.1. The molecule has 0 unspecified atom stereocenters. The fraction of sp³-hybridized carbons (Fsp3) is 0.786. The van der Waals surface area contributed by atoms with Crippen LogP contribution in [0.3, 0.4) is 0 Å². The molecular weight excluding hydrogens is 184 g/mol. The molecule has 1 rings (SSSR count). The zero-order valence-electron chi connectivity index (χ0n) is 10.2. The van der Waals surface area contributed by atoms with Gasteiger partial charge < -0.3 is 0 Å². The third-order valence-electron chi connectivity index (χ3n) is 3.57. The van der Waals surface area contributed by atoms with Crippen molar-refractivity contribution in [1.29, 1.82) is 0 Å². The smallest absolute Gasteiger partial charge is 0.138 e. The van der Waals surface area contributed by atoms with E-state index in [-0.39, 0.29) is 5.41 Å². The van der Waals surface area contributed by atoms with Crippen molar-refractivity contribution < 1.29 is 4.79 Å². The first-order valence-corrected chi connectivity index (χ1v) is 6.37. The van der Waals surface area contributed by atoms with E-state index in [2.05, 4.69) is 26.0 Å². The molecule has 0 aliphatic heterocycles. The van der Waals surface area contributed by atoms with E-state index in [1.165, 1.54) is 12.8 Å². The molecule has 0 aromatic carbocycles. The van der Waals surface area contributed by atoms with E-state index in [1.54, 1.807) is 0 Å². The Labute approximate surface area is 93.9 Å². The summed E-state index contributed by atoms with van der Waals surface area (Å²) in [5.74, 6) is 0.505. The van der Waals surface area contributed by atoms with Crippen molar-refractivity contribution in [2.75, 3.05) is 0 Å². The normalized spacial score (nSPS) is 28.3. The molecule has 0 heterocycles. The first-order valence-electron chi connectivity index (χ1n) is 6.37. The second kappa shape index (κ2) is 6.09. The van der Waals surface area contributed by atoms with Gasteiger partial charge >= 0.3 is 0 Å². The second-order valence-corrected chi connectivity index (χ2v) is 4.96. The minimum atomic E-state index is -0.0193. The number of Topliss-reactive ketones (excluding diaryl/α,β-unsaturated/α-hetero) is 1. The first-order chi connectivity index (χ1) is 7.19. The van der Waals surface area contributed by atoms with Crippen LogP contribution >= 0.6 is 0 Å². The Morgan fingerprint density at radius 2 is 2.07 bits per heavy atom. The molecule has 1 fully saturated rings. The summed E-state index contributed by atoms with van der Waals surface area (Å²) in [6, 6.07) is 0. The van der Waals surface area contributed by atoms with E-state index < -0.39 is 0 Å². The Morgan fingerprint density at radius 1 is 1.27 bits per heavy atom. The lowest BCUT2D eigenvalue weighted by Gasteiger charge is -2.25. The van der Waals surface area contributed by atoms with Crippen LogP contribution in [-0.4, -0.2) is 5.78 Å². The van der Waals surface area contributed by atoms with Gasteiger partial charge in [-0.1, -0.05) is 38.8 Å². The lowest BCUT2D eigenvalue weighted by Crippen LogP contribution is -2.26. The van der Waals surface area contributed by atoms with Crippen LogP contribution in [0.1, 0.15) is 65.2 Å². The average molecular weight is 208 g/mol. The van der Waals surface area contributed by atoms with Gasteiger partial charge in [0.2, 0.25) is 0 Å². The predicted molar refractivity (Wildman–Crippen MR) is 64.9 cm³/mol. The zero-order valence-corrected chi connectivity index (χ0v) is 10.2. The SMILES string of the molecule is CC/C=C\CC[C@]1(C)CCCCCC1=O. The monoisotopic (exact) mass is 208 g/mol. The lowest BCUT2D eigenvalue weighted by atomic mass is 9.77. The van der Waals surface area contributed by atoms with Crippen molar-refractivity contribution in [1.82, 2.24) is 0 Å². The molecule has 1 heteroatoms. The first kappa shape index (κ1) is 12.5. The van der Waals surface area contributed by atoms with Crippen LogP contribution < -0.4 is 0 Å². The number of rotatable bonds is 4. The topological polar surface area (TPSA) is 17.1 Å². The Morgan fingerprint density at radius 3 is 2.80 bits per heavy atom. The molecule has 15 heavy (non-hydrogen) atoms. The van der Waals surface area contributed by atoms with Gasteiger partial charge in [0, 0.05) is 11.8 Å². The fourth-order valence-corrected chi connectivity index (χ4v) is 2.37. The number of hydrogen-bond acceptors (Lipinski definition) is 1. The molecule has 1 saturated carbocycles. The third kappa shape index (κ3) is 3.81. The Hall–Kier alpha value is -0.590. The number of carbonyl (C=O) groups is 1. The predicted octanol–water partition coefficient (Wildman–Crippen LogP) is 4.27. The van der Waals surface area contributed by atoms with Crippen LogP contribution in [0, 0.1) is 5.41 Å². The summed E-state index contributed by atoms with van der Waals surface area (Å²) >= 11 is 0. The maximum absolute atomic E-state index is 12.0. The molecule has 0 spiro atoms. The Bertz CT molecular complexity index is 229. The van der Waals surface area contributed by atoms with E-state index >= 15 is 0 Å². The van der Waals surface area contributed by atoms with Gasteiger partial charge in [0.25, 0.3) is 0 Å². The minimum absolute atomic E-state index is 0.0193. The van der Waals surface area contributed by atoms with E-state index in [1.807, 2.05) is 0 Å². The van der Waals surface area contributed by atoms with Crippen molar-refractivity contribution in [3.8, 4) is 0 Å². The van der Waals surface area contributed by atoms with Gasteiger partial charge in [0.1, 0.15) is 5.78 Å². The van der Waals surface area contributed by atoms with Crippen LogP contribution in [-0.2, 0) is 4.79 Å². The van der Waals surface area contributed by atoms with Gasteiger partial charge in [-0.2, -0.15) is 0 Å². The van der Waals surface area contributed by atoms with Gasteiger partial charge in [-0.25, -0.2) is 0 Å². The second-order valence-electron chi connectivity index (χ2n) is 4.96.